The number of carbonyl (C=O) groups is 3. The van der Waals surface area contributed by atoms with Gasteiger partial charge in [0.1, 0.15) is 0 Å². The van der Waals surface area contributed by atoms with Crippen molar-refractivity contribution in [3.63, 3.8) is 0 Å². The molecule has 0 heterocycles. The van der Waals surface area contributed by atoms with Crippen LogP contribution in [0.5, 0.6) is 0 Å². The average molecular weight is 440 g/mol. The molecule has 3 N–H and O–H groups in total. The summed E-state index contributed by atoms with van der Waals surface area (Å²) in [4.78, 5) is 37.8. The molecule has 4 atom stereocenters. The Morgan fingerprint density at radius 3 is 2.43 bits per heavy atom. The second kappa shape index (κ2) is 9.49. The number of unbranched alkanes of at least 4 members (excludes halogenated alkanes) is 2. The summed E-state index contributed by atoms with van der Waals surface area (Å²) in [6.07, 6.45) is 10.9. The summed E-state index contributed by atoms with van der Waals surface area (Å²) in [6, 6.07) is 0. The molecule has 8 nitrogen and oxygen atoms in total. The summed E-state index contributed by atoms with van der Waals surface area (Å²) < 4.78 is 25.8. The smallest absolute Gasteiger partial charge is 0.237 e. The Labute approximate surface area is 178 Å². The van der Waals surface area contributed by atoms with Crippen LogP contribution in [-0.4, -0.2) is 49.9 Å². The van der Waals surface area contributed by atoms with Crippen molar-refractivity contribution in [1.29, 1.82) is 0 Å². The van der Waals surface area contributed by atoms with Crippen LogP contribution in [0.2, 0.25) is 0 Å². The largest absolute Gasteiger partial charge is 0.369 e. The van der Waals surface area contributed by atoms with Gasteiger partial charge in [0, 0.05) is 31.3 Å². The van der Waals surface area contributed by atoms with Crippen molar-refractivity contribution in [3.8, 4) is 0 Å². The van der Waals surface area contributed by atoms with Crippen LogP contribution in [0.1, 0.15) is 57.8 Å². The first kappa shape index (κ1) is 22.8. The fraction of sp³-hybridized carbons (Fsp3) is 0.762. The molecule has 0 radical (unpaired) electrons. The molecule has 30 heavy (non-hydrogen) atoms. The van der Waals surface area contributed by atoms with Crippen molar-refractivity contribution in [2.45, 2.75) is 63.0 Å². The van der Waals surface area contributed by atoms with E-state index in [0.717, 1.165) is 32.1 Å². The Morgan fingerprint density at radius 2 is 1.77 bits per heavy atom. The summed E-state index contributed by atoms with van der Waals surface area (Å²) in [5.74, 6) is -1.45. The molecule has 0 aromatic rings. The van der Waals surface area contributed by atoms with Crippen LogP contribution < -0.4 is 10.5 Å². The Bertz CT molecular complexity index is 805. The first-order valence-electron chi connectivity index (χ1n) is 11.0. The second-order valence-corrected chi connectivity index (χ2v) is 10.9. The number of rotatable bonds is 11. The molecule has 3 amide bonds. The van der Waals surface area contributed by atoms with Crippen LogP contribution in [-0.2, 0) is 24.4 Å². The maximum absolute atomic E-state index is 12.5. The summed E-state index contributed by atoms with van der Waals surface area (Å²) in [7, 11) is -1.68. The highest BCUT2D eigenvalue weighted by Gasteiger charge is 2.45. The predicted octanol–water partition coefficient (Wildman–Crippen LogP) is 1.32. The number of nitrogens with one attached hydrogen (secondary N) is 1. The van der Waals surface area contributed by atoms with E-state index in [-0.39, 0.29) is 46.6 Å². The highest BCUT2D eigenvalue weighted by molar-refractivity contribution is 7.90. The molecule has 3 aliphatic rings. The van der Waals surface area contributed by atoms with Gasteiger partial charge >= 0.3 is 0 Å². The van der Waals surface area contributed by atoms with Gasteiger partial charge < -0.3 is 10.6 Å². The molecule has 168 valence electrons. The van der Waals surface area contributed by atoms with Crippen molar-refractivity contribution in [2.24, 2.45) is 29.4 Å². The van der Waals surface area contributed by atoms with E-state index in [2.05, 4.69) is 4.72 Å². The van der Waals surface area contributed by atoms with E-state index in [1.54, 1.807) is 11.9 Å². The quantitative estimate of drug-likeness (QED) is 0.371. The molecule has 3 rings (SSSR count). The number of hydrogen-bond acceptors (Lipinski definition) is 5. The zero-order chi connectivity index (χ0) is 21.9. The fourth-order valence-electron chi connectivity index (χ4n) is 4.28. The molecule has 0 aliphatic heterocycles. The van der Waals surface area contributed by atoms with Crippen molar-refractivity contribution < 1.29 is 22.8 Å². The van der Waals surface area contributed by atoms with Crippen molar-refractivity contribution in [3.05, 3.63) is 12.2 Å². The van der Waals surface area contributed by atoms with Gasteiger partial charge in [0.25, 0.3) is 0 Å². The van der Waals surface area contributed by atoms with Crippen molar-refractivity contribution in [1.82, 2.24) is 9.62 Å². The molecule has 0 bridgehead atoms. The van der Waals surface area contributed by atoms with Gasteiger partial charge in [-0.1, -0.05) is 18.6 Å². The fourth-order valence-corrected chi connectivity index (χ4v) is 5.63. The van der Waals surface area contributed by atoms with Crippen LogP contribution in [0, 0.1) is 23.7 Å². The van der Waals surface area contributed by atoms with Crippen LogP contribution in [0.4, 0.5) is 0 Å². The van der Waals surface area contributed by atoms with Gasteiger partial charge in [-0.2, -0.15) is 0 Å². The Hall–Kier alpha value is -1.90. The highest BCUT2D eigenvalue weighted by atomic mass is 32.2. The van der Waals surface area contributed by atoms with Gasteiger partial charge in [-0.15, -0.1) is 0 Å². The third kappa shape index (κ3) is 5.83. The van der Waals surface area contributed by atoms with Gasteiger partial charge in [-0.3, -0.25) is 19.1 Å². The number of carbonyl (C=O) groups excluding carboxylic acids is 3. The lowest BCUT2D eigenvalue weighted by Crippen LogP contribution is -2.39. The number of sulfonamides is 1. The van der Waals surface area contributed by atoms with Crippen LogP contribution in [0.3, 0.4) is 0 Å². The van der Waals surface area contributed by atoms with Gasteiger partial charge in [0.05, 0.1) is 5.25 Å². The van der Waals surface area contributed by atoms with Gasteiger partial charge in [0.2, 0.25) is 27.7 Å². The summed E-state index contributed by atoms with van der Waals surface area (Å²) in [5.41, 5.74) is 5.41. The summed E-state index contributed by atoms with van der Waals surface area (Å²) in [5, 5.41) is -0.380. The minimum Gasteiger partial charge on any atom is -0.369 e. The molecular weight excluding hydrogens is 406 g/mol. The molecule has 3 unspecified atom stereocenters. The van der Waals surface area contributed by atoms with E-state index in [9.17, 15) is 22.8 Å². The lowest BCUT2D eigenvalue weighted by Gasteiger charge is -2.23. The zero-order valence-corrected chi connectivity index (χ0v) is 18.4. The first-order valence-corrected chi connectivity index (χ1v) is 12.5. The van der Waals surface area contributed by atoms with Gasteiger partial charge in [-0.05, 0) is 57.3 Å². The molecule has 3 fully saturated rings. The van der Waals surface area contributed by atoms with Crippen molar-refractivity contribution in [2.75, 3.05) is 13.6 Å². The lowest BCUT2D eigenvalue weighted by atomic mass is 9.94. The van der Waals surface area contributed by atoms with E-state index in [1.165, 1.54) is 0 Å². The van der Waals surface area contributed by atoms with E-state index >= 15 is 0 Å². The normalized spacial score (nSPS) is 28.4. The molecule has 0 spiro atoms. The van der Waals surface area contributed by atoms with Crippen LogP contribution in [0.15, 0.2) is 12.2 Å². The zero-order valence-electron chi connectivity index (χ0n) is 17.6. The summed E-state index contributed by atoms with van der Waals surface area (Å²) in [6.45, 7) is 0.641. The Kier molecular flexibility index (Phi) is 7.21. The molecule has 0 aromatic carbocycles. The average Bonchev–Trinajstić information content (AvgIpc) is 3.60. The first-order chi connectivity index (χ1) is 14.2. The number of primary amides is 1. The minimum atomic E-state index is -3.46. The number of allylic oxidation sites excluding steroid dienone is 2. The molecular formula is C21H33N3O5S. The van der Waals surface area contributed by atoms with Crippen molar-refractivity contribution >= 4 is 27.7 Å². The molecule has 0 aromatic heterocycles. The Morgan fingerprint density at radius 1 is 1.07 bits per heavy atom. The van der Waals surface area contributed by atoms with E-state index < -0.39 is 10.0 Å². The number of nitrogens with two attached hydrogens (primary N) is 1. The SMILES string of the molecule is CN(CCCCC=CC1CC1C(=O)NS(=O)(=O)C1CC1)C(=O)[C@@H]1CCCC1C(N)=O. The van der Waals surface area contributed by atoms with E-state index in [4.69, 9.17) is 5.73 Å². The second-order valence-electron chi connectivity index (χ2n) is 8.95. The monoisotopic (exact) mass is 439 g/mol. The summed E-state index contributed by atoms with van der Waals surface area (Å²) >= 11 is 0. The number of hydrogen-bond donors (Lipinski definition) is 2. The molecule has 0 saturated heterocycles. The van der Waals surface area contributed by atoms with Gasteiger partial charge in [-0.25, -0.2) is 8.42 Å². The van der Waals surface area contributed by atoms with Gasteiger partial charge in [0.15, 0.2) is 0 Å². The van der Waals surface area contributed by atoms with Crippen LogP contribution in [0.25, 0.3) is 0 Å². The Balaban J connectivity index is 1.29. The third-order valence-electron chi connectivity index (χ3n) is 6.46. The highest BCUT2D eigenvalue weighted by Crippen LogP contribution is 2.40. The predicted molar refractivity (Wildman–Crippen MR) is 112 cm³/mol. The third-order valence-corrected chi connectivity index (χ3v) is 8.29. The molecule has 3 aliphatic carbocycles. The minimum absolute atomic E-state index is 0.0137. The molecule has 9 heteroatoms. The number of amides is 3. The maximum atomic E-state index is 12.5. The maximum Gasteiger partial charge on any atom is 0.237 e. The standard InChI is InChI=1S/C21H33N3O5S/c1-24(21(27)17-9-6-8-16(17)19(22)25)12-5-3-2-4-7-14-13-18(14)20(26)23-30(28,29)15-10-11-15/h4,7,14-18H,2-3,5-6,8-13H2,1H3,(H2,22,25)(H,23,26)/t14?,16?,17-,18?/m1/s1. The lowest BCUT2D eigenvalue weighted by molar-refractivity contribution is -0.139. The van der Waals surface area contributed by atoms with E-state index in [1.807, 2.05) is 12.2 Å². The number of nitrogens with zero attached hydrogens (tertiary/aromatic N) is 1. The topological polar surface area (TPSA) is 127 Å². The molecule has 3 saturated carbocycles. The van der Waals surface area contributed by atoms with E-state index in [0.29, 0.717) is 32.2 Å². The van der Waals surface area contributed by atoms with Crippen LogP contribution >= 0.6 is 0 Å².